The average molecular weight is 343 g/mol. The summed E-state index contributed by atoms with van der Waals surface area (Å²) in [6, 6.07) is 7.81. The molecule has 2 amide bonds. The van der Waals surface area contributed by atoms with Crippen LogP contribution in [0.4, 0.5) is 4.79 Å². The second-order valence-electron chi connectivity index (χ2n) is 6.66. The Labute approximate surface area is 147 Å². The molecule has 1 aliphatic rings. The molecule has 25 heavy (non-hydrogen) atoms. The molecule has 0 spiro atoms. The van der Waals surface area contributed by atoms with Crippen LogP contribution in [0.1, 0.15) is 31.7 Å². The lowest BCUT2D eigenvalue weighted by Crippen LogP contribution is -2.48. The summed E-state index contributed by atoms with van der Waals surface area (Å²) in [4.78, 5) is 18.1. The van der Waals surface area contributed by atoms with E-state index in [1.165, 1.54) is 6.33 Å². The van der Waals surface area contributed by atoms with E-state index in [0.717, 1.165) is 30.5 Å². The fourth-order valence-electron chi connectivity index (χ4n) is 3.21. The minimum Gasteiger partial charge on any atom is -0.396 e. The van der Waals surface area contributed by atoms with Gasteiger partial charge in [0.2, 0.25) is 0 Å². The molecule has 1 saturated heterocycles. The minimum atomic E-state index is -0.0389. The summed E-state index contributed by atoms with van der Waals surface area (Å²) in [7, 11) is 0. The molecular weight excluding hydrogens is 318 g/mol. The zero-order valence-electron chi connectivity index (χ0n) is 14.6. The monoisotopic (exact) mass is 343 g/mol. The summed E-state index contributed by atoms with van der Waals surface area (Å²) in [6.45, 7) is 4.20. The second-order valence-corrected chi connectivity index (χ2v) is 6.66. The number of aliphatic hydroxyl groups excluding tert-OH is 1. The largest absolute Gasteiger partial charge is 0.396 e. The first-order chi connectivity index (χ1) is 12.2. The van der Waals surface area contributed by atoms with Gasteiger partial charge in [0.15, 0.2) is 0 Å². The Morgan fingerprint density at radius 3 is 2.56 bits per heavy atom. The maximum absolute atomic E-state index is 12.3. The first kappa shape index (κ1) is 17.4. The number of amides is 2. The highest BCUT2D eigenvalue weighted by Crippen LogP contribution is 2.34. The van der Waals surface area contributed by atoms with Crippen molar-refractivity contribution in [3.8, 4) is 5.69 Å². The number of hydrogen-bond acceptors (Lipinski definition) is 4. The van der Waals surface area contributed by atoms with Gasteiger partial charge in [-0.15, -0.1) is 0 Å². The van der Waals surface area contributed by atoms with Gasteiger partial charge in [-0.05, 0) is 42.4 Å². The molecule has 0 unspecified atom stereocenters. The summed E-state index contributed by atoms with van der Waals surface area (Å²) in [5.41, 5.74) is 1.96. The van der Waals surface area contributed by atoms with E-state index in [1.54, 1.807) is 11.0 Å². The van der Waals surface area contributed by atoms with Crippen LogP contribution in [0.2, 0.25) is 0 Å². The van der Waals surface area contributed by atoms with Crippen molar-refractivity contribution in [3.63, 3.8) is 0 Å². The number of nitrogens with one attached hydrogen (secondary N) is 1. The Bertz CT molecular complexity index is 670. The lowest BCUT2D eigenvalue weighted by molar-refractivity contribution is 0.0519. The Morgan fingerprint density at radius 1 is 1.28 bits per heavy atom. The third-order valence-corrected chi connectivity index (χ3v) is 5.26. The van der Waals surface area contributed by atoms with Crippen molar-refractivity contribution in [2.75, 3.05) is 19.7 Å². The number of aromatic nitrogens is 3. The molecule has 1 aliphatic heterocycles. The first-order valence-corrected chi connectivity index (χ1v) is 8.73. The molecule has 0 atom stereocenters. The molecule has 1 aromatic heterocycles. The maximum atomic E-state index is 12.3. The van der Waals surface area contributed by atoms with Crippen molar-refractivity contribution in [3.05, 3.63) is 42.5 Å². The van der Waals surface area contributed by atoms with E-state index in [1.807, 2.05) is 29.2 Å². The molecule has 2 aromatic rings. The van der Waals surface area contributed by atoms with Gasteiger partial charge < -0.3 is 15.3 Å². The highest BCUT2D eigenvalue weighted by Gasteiger charge is 2.33. The number of likely N-dealkylation sites (tertiary alicyclic amines) is 1. The zero-order chi connectivity index (χ0) is 17.7. The van der Waals surface area contributed by atoms with E-state index in [0.29, 0.717) is 19.6 Å². The predicted molar refractivity (Wildman–Crippen MR) is 94.2 cm³/mol. The number of carbonyl (C=O) groups is 1. The number of piperidine rings is 1. The average Bonchev–Trinajstić information content (AvgIpc) is 3.21. The van der Waals surface area contributed by atoms with Gasteiger partial charge in [-0.3, -0.25) is 0 Å². The molecule has 134 valence electrons. The molecule has 2 heterocycles. The van der Waals surface area contributed by atoms with Gasteiger partial charge in [-0.1, -0.05) is 19.1 Å². The number of rotatable bonds is 5. The van der Waals surface area contributed by atoms with Crippen LogP contribution in [0.15, 0.2) is 36.9 Å². The van der Waals surface area contributed by atoms with E-state index < -0.39 is 0 Å². The maximum Gasteiger partial charge on any atom is 0.317 e. The Hall–Kier alpha value is -2.41. The van der Waals surface area contributed by atoms with Crippen LogP contribution in [-0.4, -0.2) is 50.5 Å². The van der Waals surface area contributed by atoms with Crippen molar-refractivity contribution in [1.29, 1.82) is 0 Å². The van der Waals surface area contributed by atoms with Crippen molar-refractivity contribution in [2.45, 2.75) is 32.7 Å². The number of aliphatic hydroxyl groups is 1. The SMILES string of the molecule is CCC1(CO)CCN(C(=O)NCc2ccc(-n3cncn3)cc2)CC1. The van der Waals surface area contributed by atoms with Crippen molar-refractivity contribution >= 4 is 6.03 Å². The van der Waals surface area contributed by atoms with E-state index in [9.17, 15) is 9.90 Å². The Morgan fingerprint density at radius 2 is 2.00 bits per heavy atom. The fraction of sp³-hybridized carbons (Fsp3) is 0.500. The van der Waals surface area contributed by atoms with E-state index >= 15 is 0 Å². The normalized spacial score (nSPS) is 16.6. The molecule has 7 nitrogen and oxygen atoms in total. The summed E-state index contributed by atoms with van der Waals surface area (Å²) in [5.74, 6) is 0. The van der Waals surface area contributed by atoms with Gasteiger partial charge in [0.25, 0.3) is 0 Å². The Kier molecular flexibility index (Phi) is 5.33. The van der Waals surface area contributed by atoms with Crippen LogP contribution in [0, 0.1) is 5.41 Å². The van der Waals surface area contributed by atoms with E-state index in [4.69, 9.17) is 0 Å². The minimum absolute atomic E-state index is 0.00598. The molecule has 7 heteroatoms. The van der Waals surface area contributed by atoms with Crippen molar-refractivity contribution in [2.24, 2.45) is 5.41 Å². The van der Waals surface area contributed by atoms with E-state index in [2.05, 4.69) is 22.3 Å². The molecular formula is C18H25N5O2. The van der Waals surface area contributed by atoms with Gasteiger partial charge in [0.05, 0.1) is 5.69 Å². The van der Waals surface area contributed by atoms with Crippen molar-refractivity contribution < 1.29 is 9.90 Å². The number of hydrogen-bond donors (Lipinski definition) is 2. The predicted octanol–water partition coefficient (Wildman–Crippen LogP) is 1.96. The second kappa shape index (κ2) is 7.65. The van der Waals surface area contributed by atoms with Gasteiger partial charge in [0, 0.05) is 26.2 Å². The molecule has 1 aromatic carbocycles. The van der Waals surface area contributed by atoms with Gasteiger partial charge >= 0.3 is 6.03 Å². The molecule has 0 bridgehead atoms. The number of urea groups is 1. The lowest BCUT2D eigenvalue weighted by Gasteiger charge is -2.40. The third kappa shape index (κ3) is 3.99. The highest BCUT2D eigenvalue weighted by molar-refractivity contribution is 5.74. The zero-order valence-corrected chi connectivity index (χ0v) is 14.6. The molecule has 3 rings (SSSR count). The van der Waals surface area contributed by atoms with Crippen LogP contribution in [-0.2, 0) is 6.54 Å². The lowest BCUT2D eigenvalue weighted by atomic mass is 9.77. The van der Waals surface area contributed by atoms with Gasteiger partial charge in [0.1, 0.15) is 12.7 Å². The topological polar surface area (TPSA) is 83.3 Å². The molecule has 1 fully saturated rings. The van der Waals surface area contributed by atoms with Crippen LogP contribution < -0.4 is 5.32 Å². The summed E-state index contributed by atoms with van der Waals surface area (Å²) >= 11 is 0. The number of carbonyl (C=O) groups excluding carboxylic acids is 1. The van der Waals surface area contributed by atoms with Gasteiger partial charge in [-0.2, -0.15) is 5.10 Å². The number of nitrogens with zero attached hydrogens (tertiary/aromatic N) is 4. The molecule has 2 N–H and O–H groups in total. The van der Waals surface area contributed by atoms with E-state index in [-0.39, 0.29) is 18.1 Å². The summed E-state index contributed by atoms with van der Waals surface area (Å²) < 4.78 is 1.69. The quantitative estimate of drug-likeness (QED) is 0.869. The number of benzene rings is 1. The fourth-order valence-corrected chi connectivity index (χ4v) is 3.21. The van der Waals surface area contributed by atoms with Crippen LogP contribution >= 0.6 is 0 Å². The standard InChI is InChI=1S/C18H25N5O2/c1-2-18(12-24)7-9-22(10-8-18)17(25)20-11-15-3-5-16(6-4-15)23-14-19-13-21-23/h3-6,13-14,24H,2,7-12H2,1H3,(H,20,25). The molecule has 0 radical (unpaired) electrons. The van der Waals surface area contributed by atoms with Crippen LogP contribution in [0.25, 0.3) is 5.69 Å². The van der Waals surface area contributed by atoms with Gasteiger partial charge in [-0.25, -0.2) is 14.5 Å². The van der Waals surface area contributed by atoms with Crippen LogP contribution in [0.5, 0.6) is 0 Å². The van der Waals surface area contributed by atoms with Crippen LogP contribution in [0.3, 0.4) is 0 Å². The molecule has 0 aliphatic carbocycles. The summed E-state index contributed by atoms with van der Waals surface area (Å²) in [6.07, 6.45) is 5.82. The first-order valence-electron chi connectivity index (χ1n) is 8.73. The molecule has 0 saturated carbocycles. The Balaban J connectivity index is 1.49. The third-order valence-electron chi connectivity index (χ3n) is 5.26. The summed E-state index contributed by atoms with van der Waals surface area (Å²) in [5, 5.41) is 16.6. The smallest absolute Gasteiger partial charge is 0.317 e. The van der Waals surface area contributed by atoms with Crippen molar-refractivity contribution in [1.82, 2.24) is 25.0 Å². The highest BCUT2D eigenvalue weighted by atomic mass is 16.3.